The van der Waals surface area contributed by atoms with Crippen LogP contribution in [0.2, 0.25) is 0 Å². The van der Waals surface area contributed by atoms with Crippen molar-refractivity contribution in [2.75, 3.05) is 6.61 Å². The van der Waals surface area contributed by atoms with Gasteiger partial charge in [0.15, 0.2) is 6.61 Å². The summed E-state index contributed by atoms with van der Waals surface area (Å²) >= 11 is 4.05. The second kappa shape index (κ2) is 8.67. The Bertz CT molecular complexity index is 460. The monoisotopic (exact) mass is 335 g/mol. The smallest absolute Gasteiger partial charge is 0.422 e. The molecule has 0 spiro atoms. The van der Waals surface area contributed by atoms with Crippen LogP contribution < -0.4 is 9.46 Å². The van der Waals surface area contributed by atoms with Crippen LogP contribution in [0.4, 0.5) is 13.2 Å². The van der Waals surface area contributed by atoms with Crippen LogP contribution in [0, 0.1) is 5.92 Å². The molecule has 126 valence electrons. The minimum absolute atomic E-state index is 0.0755. The summed E-state index contributed by atoms with van der Waals surface area (Å²) in [6, 6.07) is 5.29. The zero-order valence-electron chi connectivity index (χ0n) is 13.2. The van der Waals surface area contributed by atoms with Crippen LogP contribution in [0.1, 0.15) is 50.8 Å². The van der Waals surface area contributed by atoms with E-state index in [1.807, 2.05) is 6.07 Å². The number of hydrogen-bond acceptors (Lipinski definition) is 3. The van der Waals surface area contributed by atoms with Gasteiger partial charge in [-0.15, -0.1) is 0 Å². The summed E-state index contributed by atoms with van der Waals surface area (Å²) in [4.78, 5) is 0. The molecule has 0 aliphatic heterocycles. The van der Waals surface area contributed by atoms with Crippen LogP contribution in [0.3, 0.4) is 0 Å². The van der Waals surface area contributed by atoms with Gasteiger partial charge in [-0.25, -0.2) is 0 Å². The summed E-state index contributed by atoms with van der Waals surface area (Å²) in [5.41, 5.74) is 1.84. The molecule has 2 nitrogen and oxygen atoms in total. The van der Waals surface area contributed by atoms with E-state index in [2.05, 4.69) is 38.3 Å². The van der Waals surface area contributed by atoms with Crippen LogP contribution in [0.25, 0.3) is 0 Å². The van der Waals surface area contributed by atoms with Crippen LogP contribution >= 0.6 is 12.8 Å². The highest BCUT2D eigenvalue weighted by Crippen LogP contribution is 2.36. The lowest BCUT2D eigenvalue weighted by Crippen LogP contribution is -2.22. The third kappa shape index (κ3) is 6.48. The van der Waals surface area contributed by atoms with Gasteiger partial charge in [0.1, 0.15) is 5.75 Å². The van der Waals surface area contributed by atoms with E-state index in [4.69, 9.17) is 4.74 Å². The van der Waals surface area contributed by atoms with E-state index >= 15 is 0 Å². The number of halogens is 3. The number of ether oxygens (including phenoxy) is 1. The molecule has 0 bridgehead atoms. The van der Waals surface area contributed by atoms with Crippen molar-refractivity contribution < 1.29 is 17.9 Å². The van der Waals surface area contributed by atoms with Gasteiger partial charge in [0.2, 0.25) is 0 Å². The third-order valence-electron chi connectivity index (χ3n) is 3.01. The van der Waals surface area contributed by atoms with Crippen molar-refractivity contribution in [3.63, 3.8) is 0 Å². The second-order valence-electron chi connectivity index (χ2n) is 6.03. The number of rotatable bonds is 3. The Labute approximate surface area is 136 Å². The summed E-state index contributed by atoms with van der Waals surface area (Å²) in [6.45, 7) is 5.25. The average Bonchev–Trinajstić information content (AvgIpc) is 2.43. The quantitative estimate of drug-likeness (QED) is 0.750. The lowest BCUT2D eigenvalue weighted by atomic mass is 9.87. The van der Waals surface area contributed by atoms with Gasteiger partial charge in [-0.2, -0.15) is 13.2 Å². The number of benzene rings is 1. The van der Waals surface area contributed by atoms with Gasteiger partial charge in [-0.05, 0) is 42.4 Å². The van der Waals surface area contributed by atoms with E-state index < -0.39 is 12.8 Å². The number of nitrogens with one attached hydrogen (secondary N) is 1. The summed E-state index contributed by atoms with van der Waals surface area (Å²) < 4.78 is 44.3. The fraction of sp³-hybridized carbons (Fsp3) is 0.625. The molecule has 22 heavy (non-hydrogen) atoms. The molecule has 1 aliphatic carbocycles. The Kier molecular flexibility index (Phi) is 7.56. The maximum atomic E-state index is 12.2. The first-order valence-corrected chi connectivity index (χ1v) is 7.90. The molecule has 1 aromatic rings. The molecular formula is C16H24F3NOS. The SMILES string of the molecule is CC(C)C.FC(F)(F)COc1cccc2c1CCCC2NS. The fourth-order valence-electron chi connectivity index (χ4n) is 2.24. The van der Waals surface area contributed by atoms with E-state index in [9.17, 15) is 13.2 Å². The first-order chi connectivity index (χ1) is 10.2. The molecule has 6 heteroatoms. The number of thiol groups is 1. The predicted molar refractivity (Wildman–Crippen MR) is 86.3 cm³/mol. The Morgan fingerprint density at radius 3 is 2.50 bits per heavy atom. The fourth-order valence-corrected chi connectivity index (χ4v) is 2.51. The van der Waals surface area contributed by atoms with Crippen molar-refractivity contribution in [2.45, 2.75) is 52.3 Å². The zero-order valence-corrected chi connectivity index (χ0v) is 14.1. The van der Waals surface area contributed by atoms with Crippen LogP contribution in [0.15, 0.2) is 18.2 Å². The average molecular weight is 335 g/mol. The Hall–Kier alpha value is -0.880. The summed E-state index contributed by atoms with van der Waals surface area (Å²) in [7, 11) is 0. The molecule has 1 aromatic carbocycles. The van der Waals surface area contributed by atoms with Crippen molar-refractivity contribution in [1.29, 1.82) is 0 Å². The number of fused-ring (bicyclic) bond motifs is 1. The van der Waals surface area contributed by atoms with Crippen molar-refractivity contribution in [1.82, 2.24) is 4.72 Å². The van der Waals surface area contributed by atoms with Gasteiger partial charge in [0.25, 0.3) is 0 Å². The van der Waals surface area contributed by atoms with Gasteiger partial charge in [-0.1, -0.05) is 45.7 Å². The molecular weight excluding hydrogens is 311 g/mol. The van der Waals surface area contributed by atoms with Crippen molar-refractivity contribution in [2.24, 2.45) is 5.92 Å². The zero-order chi connectivity index (χ0) is 16.8. The van der Waals surface area contributed by atoms with E-state index in [-0.39, 0.29) is 6.04 Å². The Morgan fingerprint density at radius 2 is 1.95 bits per heavy atom. The Morgan fingerprint density at radius 1 is 1.32 bits per heavy atom. The molecule has 1 aliphatic rings. The summed E-state index contributed by atoms with van der Waals surface area (Å²) in [6.07, 6.45) is -1.72. The normalized spacial score (nSPS) is 17.5. The van der Waals surface area contributed by atoms with Crippen LogP contribution in [-0.2, 0) is 6.42 Å². The van der Waals surface area contributed by atoms with Crippen LogP contribution in [0.5, 0.6) is 5.75 Å². The van der Waals surface area contributed by atoms with Crippen LogP contribution in [-0.4, -0.2) is 12.8 Å². The first kappa shape index (κ1) is 19.2. The topological polar surface area (TPSA) is 21.3 Å². The van der Waals surface area contributed by atoms with Crippen molar-refractivity contribution in [3.8, 4) is 5.75 Å². The maximum absolute atomic E-state index is 12.2. The molecule has 1 atom stereocenters. The highest BCUT2D eigenvalue weighted by Gasteiger charge is 2.29. The highest BCUT2D eigenvalue weighted by atomic mass is 32.1. The largest absolute Gasteiger partial charge is 0.484 e. The van der Waals surface area contributed by atoms with E-state index in [0.29, 0.717) is 5.75 Å². The summed E-state index contributed by atoms with van der Waals surface area (Å²) in [5.74, 6) is 1.16. The molecule has 0 aromatic heterocycles. The Balaban J connectivity index is 0.000000541. The lowest BCUT2D eigenvalue weighted by Gasteiger charge is -2.26. The minimum Gasteiger partial charge on any atom is -0.484 e. The molecule has 0 amide bonds. The maximum Gasteiger partial charge on any atom is 0.422 e. The van der Waals surface area contributed by atoms with Crippen molar-refractivity contribution in [3.05, 3.63) is 29.3 Å². The molecule has 0 fully saturated rings. The van der Waals surface area contributed by atoms with E-state index in [1.54, 1.807) is 12.1 Å². The first-order valence-electron chi connectivity index (χ1n) is 7.45. The van der Waals surface area contributed by atoms with Crippen molar-refractivity contribution >= 4 is 12.8 Å². The highest BCUT2D eigenvalue weighted by molar-refractivity contribution is 7.78. The molecule has 2 rings (SSSR count). The van der Waals surface area contributed by atoms with Gasteiger partial charge in [-0.3, -0.25) is 4.72 Å². The standard InChI is InChI=1S/C12H14F3NOS.C4H10/c13-12(14,15)7-17-11-6-2-3-8-9(11)4-1-5-10(8)16-18;1-4(2)3/h2-3,6,10,16,18H,1,4-5,7H2;4H,1-3H3. The molecule has 0 saturated heterocycles. The van der Waals surface area contributed by atoms with Gasteiger partial charge < -0.3 is 4.74 Å². The van der Waals surface area contributed by atoms with Gasteiger partial charge >= 0.3 is 6.18 Å². The molecule has 0 saturated carbocycles. The summed E-state index contributed by atoms with van der Waals surface area (Å²) in [5, 5.41) is 0. The lowest BCUT2D eigenvalue weighted by molar-refractivity contribution is -0.153. The third-order valence-corrected chi connectivity index (χ3v) is 3.32. The van der Waals surface area contributed by atoms with Gasteiger partial charge in [0.05, 0.1) is 0 Å². The second-order valence-corrected chi connectivity index (χ2v) is 6.29. The molecule has 0 radical (unpaired) electrons. The number of alkyl halides is 3. The number of hydrogen-bond donors (Lipinski definition) is 2. The molecule has 1 unspecified atom stereocenters. The van der Waals surface area contributed by atoms with Gasteiger partial charge in [0, 0.05) is 6.04 Å². The van der Waals surface area contributed by atoms with E-state index in [1.165, 1.54) is 0 Å². The molecule has 1 N–H and O–H groups in total. The predicted octanol–water partition coefficient (Wildman–Crippen LogP) is 5.10. The minimum atomic E-state index is -4.31. The van der Waals surface area contributed by atoms with E-state index in [0.717, 1.165) is 36.3 Å². The molecule has 0 heterocycles.